The van der Waals surface area contributed by atoms with Crippen LogP contribution in [0.5, 0.6) is 0 Å². The van der Waals surface area contributed by atoms with Crippen molar-refractivity contribution in [2.24, 2.45) is 0 Å². The van der Waals surface area contributed by atoms with Gasteiger partial charge in [0.25, 0.3) is 0 Å². The Morgan fingerprint density at radius 1 is 1.40 bits per heavy atom. The molecule has 2 rings (SSSR count). The quantitative estimate of drug-likeness (QED) is 0.901. The zero-order chi connectivity index (χ0) is 10.8. The molecule has 0 fully saturated rings. The zero-order valence-corrected chi connectivity index (χ0v) is 9.81. The van der Waals surface area contributed by atoms with Crippen LogP contribution in [-0.4, -0.2) is 11.5 Å². The minimum atomic E-state index is -0.249. The summed E-state index contributed by atoms with van der Waals surface area (Å²) in [6.07, 6.45) is 1.72. The van der Waals surface area contributed by atoms with E-state index in [1.165, 1.54) is 12.1 Å². The molecule has 2 nitrogen and oxygen atoms in total. The van der Waals surface area contributed by atoms with Crippen molar-refractivity contribution < 1.29 is 4.39 Å². The van der Waals surface area contributed by atoms with Gasteiger partial charge in [0.05, 0.1) is 0 Å². The summed E-state index contributed by atoms with van der Waals surface area (Å²) in [5.74, 6) is 0.469. The zero-order valence-electron chi connectivity index (χ0n) is 8.22. The van der Waals surface area contributed by atoms with E-state index in [4.69, 9.17) is 0 Å². The minimum absolute atomic E-state index is 0.249. The van der Waals surface area contributed by atoms with Crippen LogP contribution >= 0.6 is 15.9 Å². The van der Waals surface area contributed by atoms with Gasteiger partial charge in [0.2, 0.25) is 0 Å². The predicted molar refractivity (Wildman–Crippen MR) is 63.6 cm³/mol. The summed E-state index contributed by atoms with van der Waals surface area (Å²) in [5.41, 5.74) is 0. The van der Waals surface area contributed by atoms with Crippen molar-refractivity contribution in [1.82, 2.24) is 4.98 Å². The highest BCUT2D eigenvalue weighted by molar-refractivity contribution is 9.10. The molecule has 2 aromatic rings. The largest absolute Gasteiger partial charge is 0.370 e. The van der Waals surface area contributed by atoms with Gasteiger partial charge in [-0.3, -0.25) is 0 Å². The molecule has 0 aliphatic heterocycles. The normalized spacial score (nSPS) is 10.6. The molecule has 0 unspecified atom stereocenters. The third-order valence-electron chi connectivity index (χ3n) is 2.15. The van der Waals surface area contributed by atoms with Crippen molar-refractivity contribution in [1.29, 1.82) is 0 Å². The molecular weight excluding hydrogens is 259 g/mol. The first-order valence-electron chi connectivity index (χ1n) is 4.70. The van der Waals surface area contributed by atoms with Gasteiger partial charge in [-0.25, -0.2) is 9.37 Å². The summed E-state index contributed by atoms with van der Waals surface area (Å²) in [4.78, 5) is 4.21. The van der Waals surface area contributed by atoms with Crippen LogP contribution in [0.15, 0.2) is 28.9 Å². The van der Waals surface area contributed by atoms with Crippen molar-refractivity contribution in [2.75, 3.05) is 11.9 Å². The van der Waals surface area contributed by atoms with E-state index in [1.54, 1.807) is 12.3 Å². The van der Waals surface area contributed by atoms with Crippen molar-refractivity contribution >= 4 is 32.5 Å². The Hall–Kier alpha value is -1.16. The Kier molecular flexibility index (Phi) is 2.86. The van der Waals surface area contributed by atoms with E-state index in [9.17, 15) is 4.39 Å². The molecule has 15 heavy (non-hydrogen) atoms. The number of aromatic nitrogens is 1. The van der Waals surface area contributed by atoms with Crippen LogP contribution in [0.1, 0.15) is 6.92 Å². The van der Waals surface area contributed by atoms with Gasteiger partial charge in [0.1, 0.15) is 11.6 Å². The minimum Gasteiger partial charge on any atom is -0.370 e. The maximum atomic E-state index is 13.1. The van der Waals surface area contributed by atoms with E-state index in [1.807, 2.05) is 6.92 Å². The fourth-order valence-corrected chi connectivity index (χ4v) is 1.94. The van der Waals surface area contributed by atoms with E-state index in [2.05, 4.69) is 26.2 Å². The number of nitrogens with zero attached hydrogens (tertiary/aromatic N) is 1. The van der Waals surface area contributed by atoms with Gasteiger partial charge in [-0.1, -0.05) is 6.07 Å². The monoisotopic (exact) mass is 268 g/mol. The average Bonchev–Trinajstić information content (AvgIpc) is 2.22. The van der Waals surface area contributed by atoms with E-state index in [-0.39, 0.29) is 5.82 Å². The Bertz CT molecular complexity index is 499. The number of benzene rings is 1. The summed E-state index contributed by atoms with van der Waals surface area (Å²) in [7, 11) is 0. The van der Waals surface area contributed by atoms with Crippen LogP contribution < -0.4 is 5.32 Å². The van der Waals surface area contributed by atoms with Gasteiger partial charge in [0.15, 0.2) is 0 Å². The second-order valence-electron chi connectivity index (χ2n) is 3.17. The Morgan fingerprint density at radius 3 is 2.93 bits per heavy atom. The Morgan fingerprint density at radius 2 is 2.20 bits per heavy atom. The number of anilines is 1. The molecule has 0 amide bonds. The van der Waals surface area contributed by atoms with Crippen LogP contribution in [0.2, 0.25) is 0 Å². The molecule has 1 N–H and O–H groups in total. The van der Waals surface area contributed by atoms with Crippen molar-refractivity contribution in [3.05, 3.63) is 34.7 Å². The fourth-order valence-electron chi connectivity index (χ4n) is 1.49. The molecule has 0 spiro atoms. The van der Waals surface area contributed by atoms with E-state index >= 15 is 0 Å². The maximum absolute atomic E-state index is 13.1. The van der Waals surface area contributed by atoms with E-state index in [0.717, 1.165) is 27.6 Å². The molecule has 78 valence electrons. The van der Waals surface area contributed by atoms with Crippen molar-refractivity contribution in [3.63, 3.8) is 0 Å². The van der Waals surface area contributed by atoms with Gasteiger partial charge < -0.3 is 5.32 Å². The van der Waals surface area contributed by atoms with Crippen molar-refractivity contribution in [3.8, 4) is 0 Å². The second-order valence-corrected chi connectivity index (χ2v) is 4.03. The van der Waals surface area contributed by atoms with Gasteiger partial charge in [0, 0.05) is 28.0 Å². The molecule has 0 aliphatic rings. The van der Waals surface area contributed by atoms with Crippen LogP contribution in [0.3, 0.4) is 0 Å². The number of hydrogen-bond donors (Lipinski definition) is 1. The van der Waals surface area contributed by atoms with Crippen LogP contribution in [0.25, 0.3) is 10.8 Å². The van der Waals surface area contributed by atoms with Crippen LogP contribution in [0, 0.1) is 5.82 Å². The number of pyridine rings is 1. The molecule has 0 saturated heterocycles. The van der Waals surface area contributed by atoms with Gasteiger partial charge >= 0.3 is 0 Å². The summed E-state index contributed by atoms with van der Waals surface area (Å²) in [6, 6.07) is 4.69. The SMILES string of the molecule is CCNc1ncc(Br)c2ccc(F)cc12. The lowest BCUT2D eigenvalue weighted by Crippen LogP contribution is -2.00. The van der Waals surface area contributed by atoms with E-state index in [0.29, 0.717) is 0 Å². The lowest BCUT2D eigenvalue weighted by molar-refractivity contribution is 0.629. The molecule has 0 saturated carbocycles. The molecule has 1 aromatic heterocycles. The van der Waals surface area contributed by atoms with Gasteiger partial charge in [-0.2, -0.15) is 0 Å². The topological polar surface area (TPSA) is 24.9 Å². The first kappa shape index (κ1) is 10.4. The molecule has 0 atom stereocenters. The number of nitrogens with one attached hydrogen (secondary N) is 1. The predicted octanol–water partition coefficient (Wildman–Crippen LogP) is 3.57. The Balaban J connectivity index is 2.72. The summed E-state index contributed by atoms with van der Waals surface area (Å²) in [5, 5.41) is 4.86. The number of hydrogen-bond acceptors (Lipinski definition) is 2. The first-order chi connectivity index (χ1) is 7.22. The van der Waals surface area contributed by atoms with Crippen molar-refractivity contribution in [2.45, 2.75) is 6.92 Å². The molecule has 4 heteroatoms. The van der Waals surface area contributed by atoms with Gasteiger partial charge in [-0.05, 0) is 35.0 Å². The highest BCUT2D eigenvalue weighted by Gasteiger charge is 2.06. The molecule has 0 bridgehead atoms. The van der Waals surface area contributed by atoms with E-state index < -0.39 is 0 Å². The smallest absolute Gasteiger partial charge is 0.133 e. The summed E-state index contributed by atoms with van der Waals surface area (Å²) < 4.78 is 14.0. The highest BCUT2D eigenvalue weighted by atomic mass is 79.9. The van der Waals surface area contributed by atoms with Gasteiger partial charge in [-0.15, -0.1) is 0 Å². The fraction of sp³-hybridized carbons (Fsp3) is 0.182. The average molecular weight is 269 g/mol. The molecular formula is C11H10BrFN2. The van der Waals surface area contributed by atoms with Crippen LogP contribution in [0.4, 0.5) is 10.2 Å². The number of rotatable bonds is 2. The highest BCUT2D eigenvalue weighted by Crippen LogP contribution is 2.28. The molecule has 0 aliphatic carbocycles. The molecule has 0 radical (unpaired) electrons. The van der Waals surface area contributed by atoms with Crippen LogP contribution in [-0.2, 0) is 0 Å². The molecule has 1 heterocycles. The molecule has 1 aromatic carbocycles. The lowest BCUT2D eigenvalue weighted by Gasteiger charge is -2.07. The summed E-state index contributed by atoms with van der Waals surface area (Å²) in [6.45, 7) is 2.75. The summed E-state index contributed by atoms with van der Waals surface area (Å²) >= 11 is 3.39. The second kappa shape index (κ2) is 4.14. The number of fused-ring (bicyclic) bond motifs is 1. The Labute approximate surface area is 95.6 Å². The third kappa shape index (κ3) is 1.95. The third-order valence-corrected chi connectivity index (χ3v) is 2.78. The number of halogens is 2. The lowest BCUT2D eigenvalue weighted by atomic mass is 10.1. The maximum Gasteiger partial charge on any atom is 0.133 e. The standard InChI is InChI=1S/C11H10BrFN2/c1-2-14-11-9-5-7(13)3-4-8(9)10(12)6-15-11/h3-6H,2H2,1H3,(H,14,15). The first-order valence-corrected chi connectivity index (χ1v) is 5.49.